The van der Waals surface area contributed by atoms with Crippen molar-refractivity contribution in [1.82, 2.24) is 15.0 Å². The van der Waals surface area contributed by atoms with Gasteiger partial charge in [-0.2, -0.15) is 13.2 Å². The van der Waals surface area contributed by atoms with Gasteiger partial charge in [-0.1, -0.05) is 30.3 Å². The average Bonchev–Trinajstić information content (AvgIpc) is 2.84. The summed E-state index contributed by atoms with van der Waals surface area (Å²) in [4.78, 5) is 16.6. The predicted octanol–water partition coefficient (Wildman–Crippen LogP) is 4.38. The number of carbonyl (C=O) groups is 1. The van der Waals surface area contributed by atoms with E-state index in [1.807, 2.05) is 0 Å². The van der Waals surface area contributed by atoms with Crippen molar-refractivity contribution < 1.29 is 35.5 Å². The summed E-state index contributed by atoms with van der Waals surface area (Å²) in [7, 11) is -2.12. The number of methoxy groups -OCH3 is 1. The van der Waals surface area contributed by atoms with Gasteiger partial charge in [0.1, 0.15) is 17.3 Å². The monoisotopic (exact) mass is 539 g/mol. The van der Waals surface area contributed by atoms with Crippen LogP contribution in [0.15, 0.2) is 54.6 Å². The summed E-state index contributed by atoms with van der Waals surface area (Å²) < 4.78 is 84.4. The van der Waals surface area contributed by atoms with Gasteiger partial charge in [0.05, 0.1) is 25.0 Å². The molecule has 12 heteroatoms. The molecule has 2 aromatic carbocycles. The molecule has 7 nitrogen and oxygen atoms in total. The Morgan fingerprint density at radius 3 is 2.35 bits per heavy atom. The molecule has 1 aromatic heterocycles. The van der Waals surface area contributed by atoms with Crippen molar-refractivity contribution in [3.05, 3.63) is 82.8 Å². The summed E-state index contributed by atoms with van der Waals surface area (Å²) in [5.41, 5.74) is 0.0274. The smallest absolute Gasteiger partial charge is 0.433 e. The Hall–Kier alpha value is -3.51. The number of carbonyl (C=O) groups excluding carboxylic acids is 1. The van der Waals surface area contributed by atoms with E-state index in [0.29, 0.717) is 22.4 Å². The number of sulfonamides is 1. The van der Waals surface area contributed by atoms with Crippen LogP contribution in [0.2, 0.25) is 0 Å². The summed E-state index contributed by atoms with van der Waals surface area (Å²) in [5.74, 6) is -1.66. The number of benzene rings is 2. The number of para-hydroxylation sites is 1. The van der Waals surface area contributed by atoms with E-state index in [2.05, 4.69) is 15.0 Å². The molecule has 0 aliphatic carbocycles. The molecule has 0 radical (unpaired) electrons. The molecule has 37 heavy (non-hydrogen) atoms. The van der Waals surface area contributed by atoms with E-state index in [1.54, 1.807) is 31.2 Å². The molecule has 3 rings (SSSR count). The maximum atomic E-state index is 14.5. The Kier molecular flexibility index (Phi) is 8.54. The van der Waals surface area contributed by atoms with Crippen LogP contribution in [0.5, 0.6) is 5.75 Å². The lowest BCUT2D eigenvalue weighted by Crippen LogP contribution is -2.28. The first kappa shape index (κ1) is 28.1. The van der Waals surface area contributed by atoms with Gasteiger partial charge in [-0.05, 0) is 42.3 Å². The van der Waals surface area contributed by atoms with Crippen LogP contribution in [-0.2, 0) is 34.1 Å². The summed E-state index contributed by atoms with van der Waals surface area (Å²) in [6.45, 7) is 1.17. The van der Waals surface area contributed by atoms with Crippen molar-refractivity contribution in [2.24, 2.45) is 0 Å². The molecular formula is C25H25F4N3O4S. The van der Waals surface area contributed by atoms with Gasteiger partial charge in [0, 0.05) is 24.2 Å². The minimum atomic E-state index is -4.67. The van der Waals surface area contributed by atoms with Crippen molar-refractivity contribution in [2.45, 2.75) is 32.1 Å². The zero-order chi connectivity index (χ0) is 27.4. The molecule has 1 unspecified atom stereocenters. The lowest BCUT2D eigenvalue weighted by molar-refractivity contribution is -0.141. The minimum absolute atomic E-state index is 0.00834. The van der Waals surface area contributed by atoms with Crippen molar-refractivity contribution in [2.75, 3.05) is 13.4 Å². The van der Waals surface area contributed by atoms with E-state index in [1.165, 1.54) is 25.3 Å². The van der Waals surface area contributed by atoms with Gasteiger partial charge in [0.2, 0.25) is 15.9 Å². The topological polar surface area (TPSA) is 97.4 Å². The molecule has 1 heterocycles. The summed E-state index contributed by atoms with van der Waals surface area (Å²) in [5, 5.41) is 2.67. The standard InChI is InChI=1S/C25H25F4N3O4S/c1-15(16-8-9-17(20(26)12-16)14-31-37(3,34)35)24(33)30-13-18-10-11-22(25(27,28)29)32-23(18)19-6-4-5-7-21(19)36-2/h4-12,15,31H,13-14H2,1-3H3,(H,30,33). The second-order valence-electron chi connectivity index (χ2n) is 8.29. The zero-order valence-electron chi connectivity index (χ0n) is 20.2. The number of halogens is 4. The Labute approximate surface area is 211 Å². The number of nitrogens with zero attached hydrogens (tertiary/aromatic N) is 1. The first-order chi connectivity index (χ1) is 17.3. The van der Waals surface area contributed by atoms with Crippen molar-refractivity contribution >= 4 is 15.9 Å². The third-order valence-electron chi connectivity index (χ3n) is 5.58. The molecule has 1 atom stereocenters. The highest BCUT2D eigenvalue weighted by atomic mass is 32.2. The first-order valence-electron chi connectivity index (χ1n) is 11.0. The van der Waals surface area contributed by atoms with Gasteiger partial charge >= 0.3 is 6.18 Å². The third kappa shape index (κ3) is 7.26. The fraction of sp³-hybridized carbons (Fsp3) is 0.280. The third-order valence-corrected chi connectivity index (χ3v) is 6.25. The molecule has 0 spiro atoms. The van der Waals surface area contributed by atoms with Crippen LogP contribution in [-0.4, -0.2) is 32.7 Å². The highest BCUT2D eigenvalue weighted by Gasteiger charge is 2.33. The van der Waals surface area contributed by atoms with Crippen molar-refractivity contribution in [3.8, 4) is 17.0 Å². The Bertz CT molecular complexity index is 1390. The summed E-state index contributed by atoms with van der Waals surface area (Å²) in [6, 6.07) is 12.6. The number of ether oxygens (including phenoxy) is 1. The first-order valence-corrected chi connectivity index (χ1v) is 12.9. The zero-order valence-corrected chi connectivity index (χ0v) is 21.0. The number of hydrogen-bond acceptors (Lipinski definition) is 5. The van der Waals surface area contributed by atoms with E-state index in [9.17, 15) is 30.8 Å². The number of amides is 1. The van der Waals surface area contributed by atoms with Crippen LogP contribution < -0.4 is 14.8 Å². The quantitative estimate of drug-likeness (QED) is 0.394. The maximum absolute atomic E-state index is 14.5. The van der Waals surface area contributed by atoms with Crippen LogP contribution in [0.3, 0.4) is 0 Å². The number of nitrogens with one attached hydrogen (secondary N) is 2. The molecule has 3 aromatic rings. The molecule has 0 saturated heterocycles. The van der Waals surface area contributed by atoms with Crippen LogP contribution in [0, 0.1) is 5.82 Å². The molecular weight excluding hydrogens is 514 g/mol. The normalized spacial score (nSPS) is 12.7. The lowest BCUT2D eigenvalue weighted by Gasteiger charge is -2.17. The fourth-order valence-corrected chi connectivity index (χ4v) is 3.95. The van der Waals surface area contributed by atoms with Crippen LogP contribution in [0.1, 0.15) is 35.2 Å². The highest BCUT2D eigenvalue weighted by molar-refractivity contribution is 7.88. The van der Waals surface area contributed by atoms with Gasteiger partial charge < -0.3 is 10.1 Å². The molecule has 198 valence electrons. The van der Waals surface area contributed by atoms with Crippen LogP contribution in [0.25, 0.3) is 11.3 Å². The van der Waals surface area contributed by atoms with E-state index < -0.39 is 39.5 Å². The van der Waals surface area contributed by atoms with Crippen LogP contribution >= 0.6 is 0 Å². The SMILES string of the molecule is COc1ccccc1-c1nc(C(F)(F)F)ccc1CNC(=O)C(C)c1ccc(CNS(C)(=O)=O)c(F)c1. The fourth-order valence-electron chi connectivity index (χ4n) is 3.53. The van der Waals surface area contributed by atoms with Gasteiger partial charge in [0.15, 0.2) is 0 Å². The second-order valence-corrected chi connectivity index (χ2v) is 10.1. The average molecular weight is 540 g/mol. The Morgan fingerprint density at radius 1 is 1.05 bits per heavy atom. The molecule has 1 amide bonds. The van der Waals surface area contributed by atoms with Gasteiger partial charge in [-0.3, -0.25) is 4.79 Å². The highest BCUT2D eigenvalue weighted by Crippen LogP contribution is 2.35. The number of aromatic nitrogens is 1. The second kappa shape index (κ2) is 11.3. The molecule has 0 aliphatic heterocycles. The molecule has 0 bridgehead atoms. The van der Waals surface area contributed by atoms with E-state index in [0.717, 1.165) is 18.4 Å². The van der Waals surface area contributed by atoms with Gasteiger partial charge in [0.25, 0.3) is 0 Å². The van der Waals surface area contributed by atoms with Crippen molar-refractivity contribution in [3.63, 3.8) is 0 Å². The van der Waals surface area contributed by atoms with Crippen molar-refractivity contribution in [1.29, 1.82) is 0 Å². The Morgan fingerprint density at radius 2 is 1.73 bits per heavy atom. The van der Waals surface area contributed by atoms with Crippen LogP contribution in [0.4, 0.5) is 17.6 Å². The number of hydrogen-bond donors (Lipinski definition) is 2. The predicted molar refractivity (Wildman–Crippen MR) is 130 cm³/mol. The van der Waals surface area contributed by atoms with E-state index >= 15 is 0 Å². The number of alkyl halides is 3. The summed E-state index contributed by atoms with van der Waals surface area (Å²) >= 11 is 0. The largest absolute Gasteiger partial charge is 0.496 e. The molecule has 0 fully saturated rings. The Balaban J connectivity index is 1.82. The summed E-state index contributed by atoms with van der Waals surface area (Å²) in [6.07, 6.45) is -3.71. The molecule has 2 N–H and O–H groups in total. The van der Waals surface area contributed by atoms with E-state index in [-0.39, 0.29) is 24.3 Å². The molecule has 0 aliphatic rings. The minimum Gasteiger partial charge on any atom is -0.496 e. The molecule has 0 saturated carbocycles. The number of pyridine rings is 1. The number of rotatable bonds is 9. The maximum Gasteiger partial charge on any atom is 0.433 e. The lowest BCUT2D eigenvalue weighted by atomic mass is 9.98. The van der Waals surface area contributed by atoms with E-state index in [4.69, 9.17) is 4.74 Å². The van der Waals surface area contributed by atoms with Gasteiger partial charge in [-0.15, -0.1) is 0 Å². The van der Waals surface area contributed by atoms with Gasteiger partial charge in [-0.25, -0.2) is 22.5 Å².